The Kier molecular flexibility index (Phi) is 6.61. The largest absolute Gasteiger partial charge is 0.416 e. The molecule has 0 aromatic heterocycles. The molecule has 1 aromatic carbocycles. The predicted molar refractivity (Wildman–Crippen MR) is 80.2 cm³/mol. The standard InChI is InChI=1S/C14H20ClF3N2O/c1-3-20(4-2)13-6-5-10(14(16,17)18)7-12(13)19-9-11(21)8-15/h5-7,11,19,21H,3-4,8-9H2,1-2H3. The lowest BCUT2D eigenvalue weighted by atomic mass is 10.1. The summed E-state index contributed by atoms with van der Waals surface area (Å²) in [6.45, 7) is 5.30. The van der Waals surface area contributed by atoms with Gasteiger partial charge in [-0.05, 0) is 32.0 Å². The fourth-order valence-corrected chi connectivity index (χ4v) is 2.09. The molecule has 2 N–H and O–H groups in total. The van der Waals surface area contributed by atoms with Crippen LogP contribution in [0.4, 0.5) is 24.5 Å². The van der Waals surface area contributed by atoms with Gasteiger partial charge in [-0.1, -0.05) is 0 Å². The molecular formula is C14H20ClF3N2O. The number of alkyl halides is 4. The van der Waals surface area contributed by atoms with Crippen molar-refractivity contribution in [3.63, 3.8) is 0 Å². The van der Waals surface area contributed by atoms with Gasteiger partial charge in [0.2, 0.25) is 0 Å². The van der Waals surface area contributed by atoms with Crippen LogP contribution in [0, 0.1) is 0 Å². The first-order valence-corrected chi connectivity index (χ1v) is 7.31. The highest BCUT2D eigenvalue weighted by atomic mass is 35.5. The second-order valence-electron chi connectivity index (χ2n) is 4.59. The van der Waals surface area contributed by atoms with Gasteiger partial charge in [0, 0.05) is 19.6 Å². The van der Waals surface area contributed by atoms with Crippen molar-refractivity contribution in [2.45, 2.75) is 26.1 Å². The van der Waals surface area contributed by atoms with Gasteiger partial charge >= 0.3 is 6.18 Å². The highest BCUT2D eigenvalue weighted by molar-refractivity contribution is 6.18. The van der Waals surface area contributed by atoms with Crippen LogP contribution in [0.5, 0.6) is 0 Å². The van der Waals surface area contributed by atoms with Crippen molar-refractivity contribution >= 4 is 23.0 Å². The fourth-order valence-electron chi connectivity index (χ4n) is 1.98. The molecule has 7 heteroatoms. The highest BCUT2D eigenvalue weighted by Gasteiger charge is 2.31. The number of hydrogen-bond donors (Lipinski definition) is 2. The first kappa shape index (κ1) is 17.9. The lowest BCUT2D eigenvalue weighted by Crippen LogP contribution is -2.26. The van der Waals surface area contributed by atoms with E-state index in [4.69, 9.17) is 11.6 Å². The number of nitrogens with zero attached hydrogens (tertiary/aromatic N) is 1. The van der Waals surface area contributed by atoms with E-state index in [1.165, 1.54) is 6.07 Å². The minimum Gasteiger partial charge on any atom is -0.390 e. The van der Waals surface area contributed by atoms with Gasteiger partial charge in [0.15, 0.2) is 0 Å². The molecule has 0 saturated carbocycles. The number of aliphatic hydroxyl groups excluding tert-OH is 1. The summed E-state index contributed by atoms with van der Waals surface area (Å²) in [6.07, 6.45) is -5.21. The molecule has 1 atom stereocenters. The molecule has 120 valence electrons. The second-order valence-corrected chi connectivity index (χ2v) is 4.90. The third-order valence-corrected chi connectivity index (χ3v) is 3.49. The summed E-state index contributed by atoms with van der Waals surface area (Å²) in [5, 5.41) is 12.3. The first-order chi connectivity index (χ1) is 9.83. The minimum absolute atomic E-state index is 0.0204. The summed E-state index contributed by atoms with van der Waals surface area (Å²) in [5.41, 5.74) is 0.300. The molecule has 3 nitrogen and oxygen atoms in total. The molecule has 0 radical (unpaired) electrons. The molecule has 1 unspecified atom stereocenters. The van der Waals surface area contributed by atoms with Crippen molar-refractivity contribution in [2.75, 3.05) is 35.7 Å². The monoisotopic (exact) mass is 324 g/mol. The summed E-state index contributed by atoms with van der Waals surface area (Å²) in [4.78, 5) is 1.94. The molecule has 0 aliphatic heterocycles. The van der Waals surface area contributed by atoms with Gasteiger partial charge in [0.05, 0.1) is 28.9 Å². The molecular weight excluding hydrogens is 305 g/mol. The lowest BCUT2D eigenvalue weighted by molar-refractivity contribution is -0.137. The summed E-state index contributed by atoms with van der Waals surface area (Å²) in [7, 11) is 0. The average molecular weight is 325 g/mol. The van der Waals surface area contributed by atoms with Crippen molar-refractivity contribution in [2.24, 2.45) is 0 Å². The predicted octanol–water partition coefficient (Wildman–Crippen LogP) is 3.56. The molecule has 0 aliphatic carbocycles. The van der Waals surface area contributed by atoms with E-state index >= 15 is 0 Å². The van der Waals surface area contributed by atoms with Gasteiger partial charge in [0.25, 0.3) is 0 Å². The topological polar surface area (TPSA) is 35.5 Å². The van der Waals surface area contributed by atoms with E-state index in [2.05, 4.69) is 5.32 Å². The molecule has 0 spiro atoms. The fraction of sp³-hybridized carbons (Fsp3) is 0.571. The van der Waals surface area contributed by atoms with Crippen LogP contribution in [0.25, 0.3) is 0 Å². The van der Waals surface area contributed by atoms with Crippen LogP contribution < -0.4 is 10.2 Å². The Labute approximate surface area is 127 Å². The van der Waals surface area contributed by atoms with E-state index in [1.807, 2.05) is 18.7 Å². The molecule has 0 saturated heterocycles. The number of aliphatic hydroxyl groups is 1. The van der Waals surface area contributed by atoms with Crippen molar-refractivity contribution in [3.05, 3.63) is 23.8 Å². The van der Waals surface area contributed by atoms with Gasteiger partial charge in [-0.3, -0.25) is 0 Å². The number of rotatable bonds is 7. The maximum absolute atomic E-state index is 12.8. The Hall–Kier alpha value is -1.14. The normalized spacial score (nSPS) is 13.1. The van der Waals surface area contributed by atoms with Crippen LogP contribution in [0.15, 0.2) is 18.2 Å². The van der Waals surface area contributed by atoms with E-state index in [-0.39, 0.29) is 12.4 Å². The molecule has 0 aliphatic rings. The van der Waals surface area contributed by atoms with Crippen LogP contribution in [-0.2, 0) is 6.18 Å². The smallest absolute Gasteiger partial charge is 0.390 e. The van der Waals surface area contributed by atoms with Gasteiger partial charge in [-0.2, -0.15) is 13.2 Å². The number of benzene rings is 1. The number of hydrogen-bond acceptors (Lipinski definition) is 3. The van der Waals surface area contributed by atoms with E-state index in [1.54, 1.807) is 0 Å². The third kappa shape index (κ3) is 4.97. The zero-order valence-corrected chi connectivity index (χ0v) is 12.8. The van der Waals surface area contributed by atoms with Crippen LogP contribution in [0.3, 0.4) is 0 Å². The Morgan fingerprint density at radius 3 is 2.38 bits per heavy atom. The van der Waals surface area contributed by atoms with Crippen LogP contribution in [-0.4, -0.2) is 36.7 Å². The summed E-state index contributed by atoms with van der Waals surface area (Å²) < 4.78 is 38.5. The van der Waals surface area contributed by atoms with E-state index in [0.29, 0.717) is 24.5 Å². The van der Waals surface area contributed by atoms with Crippen molar-refractivity contribution in [3.8, 4) is 0 Å². The first-order valence-electron chi connectivity index (χ1n) is 6.77. The third-order valence-electron chi connectivity index (χ3n) is 3.13. The number of anilines is 2. The average Bonchev–Trinajstić information content (AvgIpc) is 2.45. The van der Waals surface area contributed by atoms with Gasteiger partial charge in [-0.15, -0.1) is 11.6 Å². The Balaban J connectivity index is 3.11. The summed E-state index contributed by atoms with van der Waals surface area (Å²) >= 11 is 5.50. The van der Waals surface area contributed by atoms with E-state index in [9.17, 15) is 18.3 Å². The van der Waals surface area contributed by atoms with Crippen LogP contribution in [0.2, 0.25) is 0 Å². The van der Waals surface area contributed by atoms with E-state index in [0.717, 1.165) is 12.1 Å². The Morgan fingerprint density at radius 1 is 1.29 bits per heavy atom. The molecule has 0 heterocycles. The highest BCUT2D eigenvalue weighted by Crippen LogP contribution is 2.35. The zero-order chi connectivity index (χ0) is 16.0. The number of halogens is 4. The molecule has 0 bridgehead atoms. The molecule has 1 rings (SSSR count). The summed E-state index contributed by atoms with van der Waals surface area (Å²) in [6, 6.07) is 3.58. The molecule has 0 fully saturated rings. The number of nitrogens with one attached hydrogen (secondary N) is 1. The van der Waals surface area contributed by atoms with Crippen LogP contribution >= 0.6 is 11.6 Å². The van der Waals surface area contributed by atoms with Crippen LogP contribution in [0.1, 0.15) is 19.4 Å². The Morgan fingerprint density at radius 2 is 1.90 bits per heavy atom. The quantitative estimate of drug-likeness (QED) is 0.753. The minimum atomic E-state index is -4.40. The second kappa shape index (κ2) is 7.75. The Bertz CT molecular complexity index is 450. The molecule has 0 amide bonds. The zero-order valence-electron chi connectivity index (χ0n) is 12.0. The van der Waals surface area contributed by atoms with Crippen molar-refractivity contribution in [1.82, 2.24) is 0 Å². The molecule has 1 aromatic rings. The van der Waals surface area contributed by atoms with Gasteiger partial charge < -0.3 is 15.3 Å². The van der Waals surface area contributed by atoms with Gasteiger partial charge in [0.1, 0.15) is 0 Å². The molecule has 21 heavy (non-hydrogen) atoms. The van der Waals surface area contributed by atoms with Crippen molar-refractivity contribution in [1.29, 1.82) is 0 Å². The SMILES string of the molecule is CCN(CC)c1ccc(C(F)(F)F)cc1NCC(O)CCl. The van der Waals surface area contributed by atoms with Gasteiger partial charge in [-0.25, -0.2) is 0 Å². The lowest BCUT2D eigenvalue weighted by Gasteiger charge is -2.26. The summed E-state index contributed by atoms with van der Waals surface area (Å²) in [5.74, 6) is 0.0204. The van der Waals surface area contributed by atoms with E-state index < -0.39 is 17.8 Å². The maximum atomic E-state index is 12.8. The van der Waals surface area contributed by atoms with Crippen molar-refractivity contribution < 1.29 is 18.3 Å². The maximum Gasteiger partial charge on any atom is 0.416 e.